The highest BCUT2D eigenvalue weighted by Gasteiger charge is 2.17. The molecule has 0 amide bonds. The van der Waals surface area contributed by atoms with E-state index in [1.54, 1.807) is 13.4 Å². The number of hydrogen-bond donors (Lipinski definition) is 3. The van der Waals surface area contributed by atoms with Gasteiger partial charge in [-0.25, -0.2) is 4.98 Å². The fraction of sp³-hybridized carbons (Fsp3) is 0.615. The number of aromatic nitrogens is 4. The largest absolute Gasteiger partial charge is 0.383 e. The van der Waals surface area contributed by atoms with Crippen LogP contribution in [0.4, 0.5) is 11.8 Å². The van der Waals surface area contributed by atoms with Crippen molar-refractivity contribution in [1.82, 2.24) is 19.9 Å². The number of fused-ring (bicyclic) bond motifs is 1. The highest BCUT2D eigenvalue weighted by atomic mass is 16.5. The summed E-state index contributed by atoms with van der Waals surface area (Å²) in [6, 6.07) is 0.177. The Kier molecular flexibility index (Phi) is 4.73. The van der Waals surface area contributed by atoms with E-state index in [1.165, 1.54) is 0 Å². The Bertz CT molecular complexity index is 553. The third kappa shape index (κ3) is 3.16. The van der Waals surface area contributed by atoms with E-state index in [0.29, 0.717) is 24.1 Å². The van der Waals surface area contributed by atoms with Crippen LogP contribution in [0, 0.1) is 5.92 Å². The Morgan fingerprint density at radius 3 is 2.80 bits per heavy atom. The molecule has 110 valence electrons. The molecule has 0 bridgehead atoms. The van der Waals surface area contributed by atoms with Crippen molar-refractivity contribution in [3.05, 3.63) is 6.33 Å². The Morgan fingerprint density at radius 2 is 2.15 bits per heavy atom. The molecule has 0 radical (unpaired) electrons. The van der Waals surface area contributed by atoms with Crippen molar-refractivity contribution in [3.8, 4) is 0 Å². The van der Waals surface area contributed by atoms with E-state index in [1.807, 2.05) is 6.92 Å². The molecule has 2 aromatic rings. The van der Waals surface area contributed by atoms with Gasteiger partial charge in [0.25, 0.3) is 0 Å². The maximum atomic E-state index is 5.26. The Hall–Kier alpha value is -1.89. The predicted molar refractivity (Wildman–Crippen MR) is 80.0 cm³/mol. The average Bonchev–Trinajstić information content (AvgIpc) is 2.86. The zero-order chi connectivity index (χ0) is 14.5. The molecular weight excluding hydrogens is 256 g/mol. The maximum absolute atomic E-state index is 5.26. The van der Waals surface area contributed by atoms with Gasteiger partial charge in [0.15, 0.2) is 11.5 Å². The molecule has 0 spiro atoms. The molecule has 20 heavy (non-hydrogen) atoms. The molecule has 0 aliphatic rings. The first-order chi connectivity index (χ1) is 9.65. The molecule has 1 unspecified atom stereocenters. The smallest absolute Gasteiger partial charge is 0.226 e. The molecule has 7 nitrogen and oxygen atoms in total. The number of anilines is 2. The molecule has 0 fully saturated rings. The van der Waals surface area contributed by atoms with E-state index < -0.39 is 0 Å². The standard InChI is InChI=1S/C13H22N6O/c1-5-14-13-18-11-10(15-7-16-11)12(19-13)17-9(6-20-4)8(2)3/h7-9H,5-6H2,1-4H3,(H3,14,15,16,17,18,19). The normalized spacial score (nSPS) is 12.8. The molecule has 3 N–H and O–H groups in total. The number of hydrogen-bond acceptors (Lipinski definition) is 6. The SMILES string of the molecule is CCNc1nc(NC(COC)C(C)C)c2[nH]cnc2n1. The van der Waals surface area contributed by atoms with Gasteiger partial charge in [-0.05, 0) is 12.8 Å². The first-order valence-electron chi connectivity index (χ1n) is 6.86. The van der Waals surface area contributed by atoms with Gasteiger partial charge < -0.3 is 20.4 Å². The van der Waals surface area contributed by atoms with Crippen LogP contribution in [0.3, 0.4) is 0 Å². The van der Waals surface area contributed by atoms with Crippen molar-refractivity contribution in [2.24, 2.45) is 5.92 Å². The van der Waals surface area contributed by atoms with Crippen molar-refractivity contribution < 1.29 is 4.74 Å². The number of nitrogens with one attached hydrogen (secondary N) is 3. The molecule has 0 saturated heterocycles. The second kappa shape index (κ2) is 6.51. The summed E-state index contributed by atoms with van der Waals surface area (Å²) in [6.45, 7) is 7.68. The fourth-order valence-corrected chi connectivity index (χ4v) is 1.93. The molecule has 2 rings (SSSR count). The Labute approximate surface area is 118 Å². The first-order valence-corrected chi connectivity index (χ1v) is 6.86. The van der Waals surface area contributed by atoms with Crippen molar-refractivity contribution >= 4 is 22.9 Å². The number of ether oxygens (including phenoxy) is 1. The second-order valence-corrected chi connectivity index (χ2v) is 4.98. The lowest BCUT2D eigenvalue weighted by Gasteiger charge is -2.22. The van der Waals surface area contributed by atoms with E-state index >= 15 is 0 Å². The lowest BCUT2D eigenvalue weighted by molar-refractivity contribution is 0.171. The lowest BCUT2D eigenvalue weighted by Crippen LogP contribution is -2.31. The van der Waals surface area contributed by atoms with E-state index in [9.17, 15) is 0 Å². The molecular formula is C13H22N6O. The van der Waals surface area contributed by atoms with Crippen molar-refractivity contribution in [1.29, 1.82) is 0 Å². The molecule has 1 atom stereocenters. The second-order valence-electron chi connectivity index (χ2n) is 4.98. The number of nitrogens with zero attached hydrogens (tertiary/aromatic N) is 3. The van der Waals surface area contributed by atoms with Crippen molar-refractivity contribution in [2.75, 3.05) is 30.9 Å². The minimum Gasteiger partial charge on any atom is -0.383 e. The summed E-state index contributed by atoms with van der Waals surface area (Å²) < 4.78 is 5.26. The monoisotopic (exact) mass is 278 g/mol. The zero-order valence-corrected chi connectivity index (χ0v) is 12.4. The van der Waals surface area contributed by atoms with E-state index in [0.717, 1.165) is 17.9 Å². The topological polar surface area (TPSA) is 87.8 Å². The van der Waals surface area contributed by atoms with Gasteiger partial charge in [-0.15, -0.1) is 0 Å². The van der Waals surface area contributed by atoms with Gasteiger partial charge in [0.2, 0.25) is 5.95 Å². The van der Waals surface area contributed by atoms with Crippen molar-refractivity contribution in [3.63, 3.8) is 0 Å². The predicted octanol–water partition coefficient (Wildman–Crippen LogP) is 1.87. The quantitative estimate of drug-likeness (QED) is 0.716. The molecule has 0 aliphatic carbocycles. The van der Waals surface area contributed by atoms with Gasteiger partial charge in [-0.1, -0.05) is 13.8 Å². The summed E-state index contributed by atoms with van der Waals surface area (Å²) in [5, 5.41) is 6.54. The van der Waals surface area contributed by atoms with E-state index in [4.69, 9.17) is 4.74 Å². The van der Waals surface area contributed by atoms with Gasteiger partial charge in [0, 0.05) is 13.7 Å². The number of rotatable bonds is 7. The average molecular weight is 278 g/mol. The first kappa shape index (κ1) is 14.5. The van der Waals surface area contributed by atoms with Crippen LogP contribution in [-0.4, -0.2) is 46.2 Å². The number of imidazole rings is 1. The summed E-state index contributed by atoms with van der Waals surface area (Å²) in [5.74, 6) is 1.75. The van der Waals surface area contributed by atoms with Crippen LogP contribution >= 0.6 is 0 Å². The van der Waals surface area contributed by atoms with Crippen LogP contribution in [-0.2, 0) is 4.74 Å². The Balaban J connectivity index is 2.33. The highest BCUT2D eigenvalue weighted by Crippen LogP contribution is 2.21. The van der Waals surface area contributed by atoms with Crippen LogP contribution in [0.15, 0.2) is 6.33 Å². The summed E-state index contributed by atoms with van der Waals surface area (Å²) in [7, 11) is 1.70. The van der Waals surface area contributed by atoms with Gasteiger partial charge in [-0.3, -0.25) is 0 Å². The van der Waals surface area contributed by atoms with E-state index in [2.05, 4.69) is 44.4 Å². The van der Waals surface area contributed by atoms with E-state index in [-0.39, 0.29) is 6.04 Å². The molecule has 7 heteroatoms. The molecule has 0 aromatic carbocycles. The number of H-pyrrole nitrogens is 1. The summed E-state index contributed by atoms with van der Waals surface area (Å²) >= 11 is 0. The number of aromatic amines is 1. The zero-order valence-electron chi connectivity index (χ0n) is 12.4. The molecule has 2 heterocycles. The van der Waals surface area contributed by atoms with Crippen LogP contribution in [0.1, 0.15) is 20.8 Å². The molecule has 0 aliphatic heterocycles. The van der Waals surface area contributed by atoms with Gasteiger partial charge >= 0.3 is 0 Å². The van der Waals surface area contributed by atoms with Crippen LogP contribution in [0.5, 0.6) is 0 Å². The summed E-state index contributed by atoms with van der Waals surface area (Å²) in [4.78, 5) is 16.1. The maximum Gasteiger partial charge on any atom is 0.226 e. The molecule has 2 aromatic heterocycles. The van der Waals surface area contributed by atoms with Crippen molar-refractivity contribution in [2.45, 2.75) is 26.8 Å². The van der Waals surface area contributed by atoms with Crippen LogP contribution < -0.4 is 10.6 Å². The van der Waals surface area contributed by atoms with Crippen LogP contribution in [0.25, 0.3) is 11.2 Å². The Morgan fingerprint density at radius 1 is 1.35 bits per heavy atom. The lowest BCUT2D eigenvalue weighted by atomic mass is 10.1. The fourth-order valence-electron chi connectivity index (χ4n) is 1.93. The minimum absolute atomic E-state index is 0.177. The third-order valence-corrected chi connectivity index (χ3v) is 3.09. The van der Waals surface area contributed by atoms with Gasteiger partial charge in [-0.2, -0.15) is 9.97 Å². The van der Waals surface area contributed by atoms with Gasteiger partial charge in [0.05, 0.1) is 19.0 Å². The summed E-state index contributed by atoms with van der Waals surface area (Å²) in [5.41, 5.74) is 1.46. The summed E-state index contributed by atoms with van der Waals surface area (Å²) in [6.07, 6.45) is 1.63. The van der Waals surface area contributed by atoms with Crippen LogP contribution in [0.2, 0.25) is 0 Å². The highest BCUT2D eigenvalue weighted by molar-refractivity contribution is 5.83. The minimum atomic E-state index is 0.177. The number of methoxy groups -OCH3 is 1. The van der Waals surface area contributed by atoms with Gasteiger partial charge in [0.1, 0.15) is 5.52 Å². The molecule has 0 saturated carbocycles. The third-order valence-electron chi connectivity index (χ3n) is 3.09.